The van der Waals surface area contributed by atoms with Crippen LogP contribution in [0.2, 0.25) is 0 Å². The van der Waals surface area contributed by atoms with E-state index in [9.17, 15) is 9.50 Å². The molecule has 0 aliphatic heterocycles. The molecule has 0 fully saturated rings. The minimum atomic E-state index is -0.281. The third kappa shape index (κ3) is 2.34. The van der Waals surface area contributed by atoms with Crippen molar-refractivity contribution in [3.05, 3.63) is 65.5 Å². The monoisotopic (exact) mass is 202 g/mol. The zero-order valence-corrected chi connectivity index (χ0v) is 8.15. The summed E-state index contributed by atoms with van der Waals surface area (Å²) < 4.78 is 13.3. The Morgan fingerprint density at radius 2 is 1.73 bits per heavy atom. The van der Waals surface area contributed by atoms with Gasteiger partial charge in [0.05, 0.1) is 0 Å². The minimum absolute atomic E-state index is 0.0994. The van der Waals surface area contributed by atoms with Crippen LogP contribution in [0.15, 0.2) is 48.5 Å². The quantitative estimate of drug-likeness (QED) is 0.793. The molecule has 76 valence electrons. The fraction of sp³-hybridized carbons (Fsp3) is 0.0769. The molecule has 2 aromatic rings. The van der Waals surface area contributed by atoms with Gasteiger partial charge >= 0.3 is 0 Å². The van der Waals surface area contributed by atoms with Crippen LogP contribution in [-0.2, 0) is 6.42 Å². The van der Waals surface area contributed by atoms with E-state index in [4.69, 9.17) is 0 Å². The fourth-order valence-electron chi connectivity index (χ4n) is 1.51. The third-order valence-electron chi connectivity index (χ3n) is 2.27. The molecule has 2 rings (SSSR count). The van der Waals surface area contributed by atoms with Crippen molar-refractivity contribution in [2.24, 2.45) is 0 Å². The molecule has 0 spiro atoms. The highest BCUT2D eigenvalue weighted by molar-refractivity contribution is 5.32. The second-order valence-electron chi connectivity index (χ2n) is 3.44. The first-order chi connectivity index (χ1) is 7.25. The van der Waals surface area contributed by atoms with Gasteiger partial charge in [0.15, 0.2) is 0 Å². The lowest BCUT2D eigenvalue weighted by Crippen LogP contribution is -1.91. The third-order valence-corrected chi connectivity index (χ3v) is 2.27. The Kier molecular flexibility index (Phi) is 2.68. The van der Waals surface area contributed by atoms with Crippen molar-refractivity contribution in [1.29, 1.82) is 0 Å². The van der Waals surface area contributed by atoms with Crippen molar-refractivity contribution >= 4 is 0 Å². The molecule has 0 atom stereocenters. The summed E-state index contributed by atoms with van der Waals surface area (Å²) >= 11 is 0. The largest absolute Gasteiger partial charge is 0.508 e. The summed E-state index contributed by atoms with van der Waals surface area (Å²) in [6.07, 6.45) is 0.501. The van der Waals surface area contributed by atoms with Crippen molar-refractivity contribution in [3.8, 4) is 5.75 Å². The predicted molar refractivity (Wildman–Crippen MR) is 57.3 cm³/mol. The minimum Gasteiger partial charge on any atom is -0.508 e. The Balaban J connectivity index is 2.28. The zero-order chi connectivity index (χ0) is 10.7. The molecular weight excluding hydrogens is 191 g/mol. The average molecular weight is 202 g/mol. The standard InChI is InChI=1S/C13H11FO/c14-13-7-6-12(15)9-11(13)8-10-4-2-1-3-5-10/h1-7,9,15H,8H2. The predicted octanol–water partition coefficient (Wildman–Crippen LogP) is 3.12. The Bertz CT molecular complexity index is 451. The van der Waals surface area contributed by atoms with E-state index in [1.807, 2.05) is 30.3 Å². The smallest absolute Gasteiger partial charge is 0.127 e. The number of halogens is 1. The molecule has 0 unspecified atom stereocenters. The van der Waals surface area contributed by atoms with Gasteiger partial charge in [0, 0.05) is 6.42 Å². The van der Waals surface area contributed by atoms with E-state index < -0.39 is 0 Å². The molecule has 0 aliphatic carbocycles. The van der Waals surface area contributed by atoms with Gasteiger partial charge < -0.3 is 5.11 Å². The van der Waals surface area contributed by atoms with Crippen LogP contribution in [-0.4, -0.2) is 5.11 Å². The molecule has 2 heteroatoms. The maximum absolute atomic E-state index is 13.3. The van der Waals surface area contributed by atoms with Gasteiger partial charge in [0.1, 0.15) is 11.6 Å². The van der Waals surface area contributed by atoms with Crippen LogP contribution in [0.4, 0.5) is 4.39 Å². The summed E-state index contributed by atoms with van der Waals surface area (Å²) in [4.78, 5) is 0. The average Bonchev–Trinajstić information content (AvgIpc) is 2.25. The summed E-state index contributed by atoms with van der Waals surface area (Å²) in [7, 11) is 0. The summed E-state index contributed by atoms with van der Waals surface area (Å²) in [5.41, 5.74) is 1.54. The van der Waals surface area contributed by atoms with Gasteiger partial charge in [-0.25, -0.2) is 4.39 Å². The van der Waals surface area contributed by atoms with Gasteiger partial charge in [-0.15, -0.1) is 0 Å². The fourth-order valence-corrected chi connectivity index (χ4v) is 1.51. The van der Waals surface area contributed by atoms with E-state index in [2.05, 4.69) is 0 Å². The SMILES string of the molecule is Oc1ccc(F)c(Cc2ccccc2)c1. The van der Waals surface area contributed by atoms with Crippen LogP contribution in [0, 0.1) is 5.82 Å². The molecule has 2 aromatic carbocycles. The highest BCUT2D eigenvalue weighted by Gasteiger charge is 2.03. The van der Waals surface area contributed by atoms with Crippen LogP contribution in [0.25, 0.3) is 0 Å². The molecule has 0 saturated heterocycles. The van der Waals surface area contributed by atoms with Gasteiger partial charge in [0.25, 0.3) is 0 Å². The molecule has 1 N–H and O–H groups in total. The van der Waals surface area contributed by atoms with E-state index >= 15 is 0 Å². The van der Waals surface area contributed by atoms with Crippen molar-refractivity contribution in [2.45, 2.75) is 6.42 Å². The van der Waals surface area contributed by atoms with Gasteiger partial charge in [-0.2, -0.15) is 0 Å². The van der Waals surface area contributed by atoms with Gasteiger partial charge in [-0.05, 0) is 29.3 Å². The van der Waals surface area contributed by atoms with Crippen LogP contribution in [0.3, 0.4) is 0 Å². The van der Waals surface area contributed by atoms with Crippen LogP contribution in [0.1, 0.15) is 11.1 Å². The molecular formula is C13H11FO. The summed E-state index contributed by atoms with van der Waals surface area (Å²) in [6.45, 7) is 0. The lowest BCUT2D eigenvalue weighted by atomic mass is 10.0. The van der Waals surface area contributed by atoms with E-state index in [0.717, 1.165) is 5.56 Å². The Hall–Kier alpha value is -1.83. The maximum Gasteiger partial charge on any atom is 0.127 e. The highest BCUT2D eigenvalue weighted by Crippen LogP contribution is 2.18. The molecule has 0 amide bonds. The number of phenolic OH excluding ortho intramolecular Hbond substituents is 1. The zero-order valence-electron chi connectivity index (χ0n) is 8.15. The molecule has 0 saturated carbocycles. The Morgan fingerprint density at radius 3 is 2.47 bits per heavy atom. The van der Waals surface area contributed by atoms with Gasteiger partial charge in [-0.1, -0.05) is 30.3 Å². The van der Waals surface area contributed by atoms with Gasteiger partial charge in [-0.3, -0.25) is 0 Å². The summed E-state index contributed by atoms with van der Waals surface area (Å²) in [5, 5.41) is 9.25. The number of rotatable bonds is 2. The van der Waals surface area contributed by atoms with Crippen molar-refractivity contribution in [3.63, 3.8) is 0 Å². The van der Waals surface area contributed by atoms with E-state index in [-0.39, 0.29) is 11.6 Å². The second-order valence-corrected chi connectivity index (χ2v) is 3.44. The lowest BCUT2D eigenvalue weighted by Gasteiger charge is -2.03. The topological polar surface area (TPSA) is 20.2 Å². The second kappa shape index (κ2) is 4.13. The number of hydrogen-bond donors (Lipinski definition) is 1. The molecule has 0 aromatic heterocycles. The Morgan fingerprint density at radius 1 is 1.00 bits per heavy atom. The van der Waals surface area contributed by atoms with Crippen LogP contribution in [0.5, 0.6) is 5.75 Å². The van der Waals surface area contributed by atoms with Crippen molar-refractivity contribution in [1.82, 2.24) is 0 Å². The first-order valence-corrected chi connectivity index (χ1v) is 4.77. The van der Waals surface area contributed by atoms with Crippen LogP contribution < -0.4 is 0 Å². The Labute approximate surface area is 87.8 Å². The molecule has 0 bridgehead atoms. The molecule has 0 radical (unpaired) electrons. The maximum atomic E-state index is 13.3. The molecule has 0 aliphatic rings. The van der Waals surface area contributed by atoms with Crippen molar-refractivity contribution < 1.29 is 9.50 Å². The number of hydrogen-bond acceptors (Lipinski definition) is 1. The summed E-state index contributed by atoms with van der Waals surface area (Å²) in [6, 6.07) is 13.7. The number of phenols is 1. The first kappa shape index (κ1) is 9.71. The van der Waals surface area contributed by atoms with E-state index in [0.29, 0.717) is 12.0 Å². The molecule has 0 heterocycles. The number of aromatic hydroxyl groups is 1. The molecule has 15 heavy (non-hydrogen) atoms. The van der Waals surface area contributed by atoms with E-state index in [1.54, 1.807) is 0 Å². The van der Waals surface area contributed by atoms with Gasteiger partial charge in [0.2, 0.25) is 0 Å². The normalized spacial score (nSPS) is 10.2. The van der Waals surface area contributed by atoms with Crippen LogP contribution >= 0.6 is 0 Å². The lowest BCUT2D eigenvalue weighted by molar-refractivity contribution is 0.471. The summed E-state index contributed by atoms with van der Waals surface area (Å²) in [5.74, 6) is -0.181. The first-order valence-electron chi connectivity index (χ1n) is 4.77. The highest BCUT2D eigenvalue weighted by atomic mass is 19.1. The van der Waals surface area contributed by atoms with Crippen molar-refractivity contribution in [2.75, 3.05) is 0 Å². The molecule has 1 nitrogen and oxygen atoms in total. The number of benzene rings is 2. The van der Waals surface area contributed by atoms with E-state index in [1.165, 1.54) is 18.2 Å².